The normalized spacial score (nSPS) is 10.4. The third-order valence-electron chi connectivity index (χ3n) is 6.35. The van der Waals surface area contributed by atoms with E-state index < -0.39 is 11.9 Å². The van der Waals surface area contributed by atoms with Crippen molar-refractivity contribution in [2.75, 3.05) is 5.32 Å². The van der Waals surface area contributed by atoms with Crippen molar-refractivity contribution in [2.24, 2.45) is 0 Å². The van der Waals surface area contributed by atoms with Crippen molar-refractivity contribution in [1.29, 1.82) is 0 Å². The van der Waals surface area contributed by atoms with E-state index in [9.17, 15) is 14.4 Å². The summed E-state index contributed by atoms with van der Waals surface area (Å²) >= 11 is 0. The number of fused-ring (bicyclic) bond motifs is 1. The van der Waals surface area contributed by atoms with Crippen LogP contribution in [0.15, 0.2) is 91.0 Å². The molecule has 0 unspecified atom stereocenters. The van der Waals surface area contributed by atoms with Crippen molar-refractivity contribution in [3.8, 4) is 11.1 Å². The van der Waals surface area contributed by atoms with Gasteiger partial charge in [-0.25, -0.2) is 4.79 Å². The van der Waals surface area contributed by atoms with E-state index in [-0.39, 0.29) is 18.7 Å². The van der Waals surface area contributed by atoms with Gasteiger partial charge in [0.05, 0.1) is 5.56 Å². The predicted molar refractivity (Wildman–Crippen MR) is 156 cm³/mol. The molecule has 0 radical (unpaired) electrons. The highest BCUT2D eigenvalue weighted by Gasteiger charge is 2.07. The average molecular weight is 526 g/mol. The van der Waals surface area contributed by atoms with Gasteiger partial charge in [-0.15, -0.1) is 0 Å². The number of carbonyl (C=O) groups is 3. The number of amides is 1. The minimum atomic E-state index is -0.886. The smallest absolute Gasteiger partial charge is 0.335 e. The Balaban J connectivity index is 0.000000216. The number of nitrogens with one attached hydrogen (secondary N) is 1. The number of hydrogen-bond acceptors (Lipinski definition) is 3. The molecule has 0 saturated heterocycles. The lowest BCUT2D eigenvalue weighted by Gasteiger charge is -2.08. The number of aryl methyl sites for hydroxylation is 1. The molecule has 0 aliphatic heterocycles. The van der Waals surface area contributed by atoms with Crippen LogP contribution >= 0.6 is 0 Å². The van der Waals surface area contributed by atoms with Crippen LogP contribution in [0.25, 0.3) is 21.9 Å². The summed E-state index contributed by atoms with van der Waals surface area (Å²) in [6, 6.07) is 29.0. The number of carboxylic acid groups (broad SMARTS) is 2. The Hall–Kier alpha value is -4.45. The monoisotopic (exact) mass is 525 g/mol. The molecule has 39 heavy (non-hydrogen) atoms. The highest BCUT2D eigenvalue weighted by molar-refractivity contribution is 6.02. The fourth-order valence-corrected chi connectivity index (χ4v) is 4.20. The molecule has 0 heterocycles. The van der Waals surface area contributed by atoms with Crippen LogP contribution in [0.5, 0.6) is 0 Å². The lowest BCUT2D eigenvalue weighted by atomic mass is 10.0. The third kappa shape index (κ3) is 9.42. The molecule has 0 atom stereocenters. The zero-order chi connectivity index (χ0) is 28.0. The van der Waals surface area contributed by atoms with E-state index in [4.69, 9.17) is 10.2 Å². The lowest BCUT2D eigenvalue weighted by Crippen LogP contribution is -2.12. The predicted octanol–water partition coefficient (Wildman–Crippen LogP) is 7.82. The van der Waals surface area contributed by atoms with Crippen LogP contribution in [0.4, 0.5) is 5.69 Å². The van der Waals surface area contributed by atoms with E-state index in [1.807, 2.05) is 54.6 Å². The van der Waals surface area contributed by atoms with Crippen molar-refractivity contribution in [3.05, 3.63) is 102 Å². The van der Waals surface area contributed by atoms with Gasteiger partial charge in [-0.2, -0.15) is 0 Å². The summed E-state index contributed by atoms with van der Waals surface area (Å²) in [5.41, 5.74) is 4.63. The summed E-state index contributed by atoms with van der Waals surface area (Å²) in [6.45, 7) is 2.21. The molecule has 4 aromatic rings. The van der Waals surface area contributed by atoms with Crippen LogP contribution in [0, 0.1) is 0 Å². The first-order chi connectivity index (χ1) is 18.9. The second-order valence-corrected chi connectivity index (χ2v) is 9.36. The molecule has 4 aromatic carbocycles. The van der Waals surface area contributed by atoms with E-state index in [1.165, 1.54) is 24.8 Å². The van der Waals surface area contributed by atoms with Gasteiger partial charge in [0.2, 0.25) is 5.91 Å². The number of benzene rings is 4. The molecule has 0 spiro atoms. The number of carbonyl (C=O) groups excluding carboxylic acids is 1. The summed E-state index contributed by atoms with van der Waals surface area (Å²) in [5, 5.41) is 22.3. The number of aliphatic carboxylic acids is 1. The maximum Gasteiger partial charge on any atom is 0.335 e. The number of carboxylic acids is 2. The minimum absolute atomic E-state index is 0.0168. The van der Waals surface area contributed by atoms with Gasteiger partial charge in [-0.05, 0) is 59.5 Å². The third-order valence-corrected chi connectivity index (χ3v) is 6.35. The fraction of sp³-hybridized carbons (Fsp3) is 0.242. The number of aromatic carboxylic acids is 1. The summed E-state index contributed by atoms with van der Waals surface area (Å²) in [6.07, 6.45) is 5.48. The van der Waals surface area contributed by atoms with Gasteiger partial charge >= 0.3 is 11.9 Å². The Morgan fingerprint density at radius 3 is 1.97 bits per heavy atom. The van der Waals surface area contributed by atoms with Gasteiger partial charge in [-0.1, -0.05) is 92.6 Å². The summed E-state index contributed by atoms with van der Waals surface area (Å²) < 4.78 is 0. The van der Waals surface area contributed by atoms with E-state index in [0.29, 0.717) is 12.0 Å². The molecule has 4 rings (SSSR count). The van der Waals surface area contributed by atoms with E-state index >= 15 is 0 Å². The summed E-state index contributed by atoms with van der Waals surface area (Å²) in [7, 11) is 0. The van der Waals surface area contributed by atoms with Gasteiger partial charge in [-0.3, -0.25) is 9.59 Å². The van der Waals surface area contributed by atoms with Crippen molar-refractivity contribution in [1.82, 2.24) is 0 Å². The Labute approximate surface area is 229 Å². The van der Waals surface area contributed by atoms with Gasteiger partial charge in [0.15, 0.2) is 0 Å². The van der Waals surface area contributed by atoms with Crippen LogP contribution in [-0.2, 0) is 16.0 Å². The van der Waals surface area contributed by atoms with Crippen LogP contribution in [0.3, 0.4) is 0 Å². The second-order valence-electron chi connectivity index (χ2n) is 9.36. The van der Waals surface area contributed by atoms with Gasteiger partial charge in [0.25, 0.3) is 0 Å². The number of unbranched alkanes of at least 4 members (excludes halogenated alkanes) is 2. The maximum absolute atomic E-state index is 11.7. The highest BCUT2D eigenvalue weighted by atomic mass is 16.4. The first-order valence-electron chi connectivity index (χ1n) is 13.3. The van der Waals surface area contributed by atoms with Crippen molar-refractivity contribution in [3.63, 3.8) is 0 Å². The van der Waals surface area contributed by atoms with Crippen molar-refractivity contribution >= 4 is 34.3 Å². The molecule has 0 saturated carbocycles. The SMILES string of the molecule is CCCCCc1ccc(-c2ccc(C(=O)O)cc2)cc1.O=C(O)CCCC(=O)Nc1cccc2ccccc12. The standard InChI is InChI=1S/C18H20O2.C15H15NO3/c1-2-3-4-5-14-6-8-15(9-7-14)16-10-12-17(13-11-16)18(19)20;17-14(9-4-10-15(18)19)16-13-8-3-6-11-5-1-2-7-12(11)13/h6-13H,2-5H2,1H3,(H,19,20);1-3,5-8H,4,9-10H2,(H,16,17)(H,18,19). The molecule has 0 aliphatic carbocycles. The topological polar surface area (TPSA) is 104 Å². The van der Waals surface area contributed by atoms with Gasteiger partial charge < -0.3 is 15.5 Å². The number of rotatable bonds is 11. The molecule has 0 aliphatic rings. The highest BCUT2D eigenvalue weighted by Crippen LogP contribution is 2.23. The van der Waals surface area contributed by atoms with E-state index in [2.05, 4.69) is 36.5 Å². The van der Waals surface area contributed by atoms with Gasteiger partial charge in [0, 0.05) is 23.9 Å². The maximum atomic E-state index is 11.7. The summed E-state index contributed by atoms with van der Waals surface area (Å²) in [5.74, 6) is -1.92. The molecule has 6 heteroatoms. The molecule has 3 N–H and O–H groups in total. The molecular formula is C33H35NO5. The number of hydrogen-bond donors (Lipinski definition) is 3. The van der Waals surface area contributed by atoms with Crippen LogP contribution < -0.4 is 5.32 Å². The van der Waals surface area contributed by atoms with Gasteiger partial charge in [0.1, 0.15) is 0 Å². The summed E-state index contributed by atoms with van der Waals surface area (Å²) in [4.78, 5) is 32.9. The molecular weight excluding hydrogens is 490 g/mol. The molecule has 202 valence electrons. The Morgan fingerprint density at radius 1 is 0.692 bits per heavy atom. The molecule has 6 nitrogen and oxygen atoms in total. The Kier molecular flexibility index (Phi) is 11.3. The molecule has 0 bridgehead atoms. The molecule has 1 amide bonds. The first kappa shape index (κ1) is 29.1. The van der Waals surface area contributed by atoms with Crippen LogP contribution in [0.2, 0.25) is 0 Å². The van der Waals surface area contributed by atoms with E-state index in [1.54, 1.807) is 12.1 Å². The molecule has 0 aromatic heterocycles. The largest absolute Gasteiger partial charge is 0.481 e. The zero-order valence-corrected chi connectivity index (χ0v) is 22.2. The molecule has 0 fully saturated rings. The number of anilines is 1. The second kappa shape index (κ2) is 15.1. The zero-order valence-electron chi connectivity index (χ0n) is 22.2. The average Bonchev–Trinajstić information content (AvgIpc) is 2.94. The Morgan fingerprint density at radius 2 is 1.33 bits per heavy atom. The Bertz CT molecular complexity index is 1370. The first-order valence-corrected chi connectivity index (χ1v) is 13.3. The van der Waals surface area contributed by atoms with E-state index in [0.717, 1.165) is 34.0 Å². The quantitative estimate of drug-likeness (QED) is 0.173. The lowest BCUT2D eigenvalue weighted by molar-refractivity contribution is -0.137. The fourth-order valence-electron chi connectivity index (χ4n) is 4.20. The van der Waals surface area contributed by atoms with Crippen LogP contribution in [-0.4, -0.2) is 28.1 Å². The minimum Gasteiger partial charge on any atom is -0.481 e. The van der Waals surface area contributed by atoms with Crippen molar-refractivity contribution < 1.29 is 24.6 Å². The van der Waals surface area contributed by atoms with Crippen LogP contribution in [0.1, 0.15) is 61.4 Å². The van der Waals surface area contributed by atoms with Crippen molar-refractivity contribution in [2.45, 2.75) is 51.9 Å².